The Balaban J connectivity index is 1.75. The van der Waals surface area contributed by atoms with E-state index in [-0.39, 0.29) is 17.6 Å². The zero-order valence-corrected chi connectivity index (χ0v) is 10.3. The summed E-state index contributed by atoms with van der Waals surface area (Å²) in [5, 5.41) is 9.75. The molecular formula is C14H19FN2O. The number of aliphatic hydroxyl groups excluding tert-OH is 1. The predicted octanol–water partition coefficient (Wildman–Crippen LogP) is 1.90. The summed E-state index contributed by atoms with van der Waals surface area (Å²) in [4.78, 5) is 2.41. The number of piperidine rings is 1. The highest BCUT2D eigenvalue weighted by Crippen LogP contribution is 2.36. The molecule has 1 aromatic carbocycles. The van der Waals surface area contributed by atoms with Gasteiger partial charge in [0.1, 0.15) is 5.82 Å². The van der Waals surface area contributed by atoms with Crippen molar-refractivity contribution in [3.63, 3.8) is 0 Å². The van der Waals surface area contributed by atoms with Crippen molar-refractivity contribution in [1.29, 1.82) is 0 Å². The predicted molar refractivity (Wildman–Crippen MR) is 68.4 cm³/mol. The van der Waals surface area contributed by atoms with E-state index in [2.05, 4.69) is 4.90 Å². The summed E-state index contributed by atoms with van der Waals surface area (Å²) in [6.07, 6.45) is 3.86. The van der Waals surface area contributed by atoms with Crippen LogP contribution in [0.1, 0.15) is 31.2 Å². The number of hydrogen-bond donors (Lipinski definition) is 2. The van der Waals surface area contributed by atoms with Crippen LogP contribution in [0.2, 0.25) is 0 Å². The van der Waals surface area contributed by atoms with Gasteiger partial charge in [-0.25, -0.2) is 4.39 Å². The van der Waals surface area contributed by atoms with Crippen LogP contribution in [-0.4, -0.2) is 28.2 Å². The van der Waals surface area contributed by atoms with Gasteiger partial charge in [-0.15, -0.1) is 0 Å². The third-order valence-corrected chi connectivity index (χ3v) is 4.29. The standard InChI is InChI=1S/C14H19FN2O/c15-13-5-9(1-4-14(13)16)8-17-10-2-3-11(17)7-12(18)6-10/h1,4-5,10-12,18H,2-3,6-8,16H2. The molecule has 2 atom stereocenters. The van der Waals surface area contributed by atoms with Crippen LogP contribution in [0.4, 0.5) is 10.1 Å². The van der Waals surface area contributed by atoms with Crippen LogP contribution in [-0.2, 0) is 6.54 Å². The number of nitrogen functional groups attached to an aromatic ring is 1. The third-order valence-electron chi connectivity index (χ3n) is 4.29. The van der Waals surface area contributed by atoms with Gasteiger partial charge in [-0.2, -0.15) is 0 Å². The number of anilines is 1. The molecular weight excluding hydrogens is 231 g/mol. The second-order valence-electron chi connectivity index (χ2n) is 5.54. The summed E-state index contributed by atoms with van der Waals surface area (Å²) in [5.41, 5.74) is 6.66. The van der Waals surface area contributed by atoms with Crippen molar-refractivity contribution in [3.05, 3.63) is 29.6 Å². The van der Waals surface area contributed by atoms with Crippen molar-refractivity contribution in [2.24, 2.45) is 0 Å². The summed E-state index contributed by atoms with van der Waals surface area (Å²) in [5.74, 6) is -0.336. The summed E-state index contributed by atoms with van der Waals surface area (Å²) < 4.78 is 13.4. The number of nitrogens with zero attached hydrogens (tertiary/aromatic N) is 1. The fourth-order valence-corrected chi connectivity index (χ4v) is 3.38. The Morgan fingerprint density at radius 3 is 2.56 bits per heavy atom. The quantitative estimate of drug-likeness (QED) is 0.788. The maximum Gasteiger partial charge on any atom is 0.146 e. The molecule has 3 nitrogen and oxygen atoms in total. The van der Waals surface area contributed by atoms with Crippen molar-refractivity contribution in [2.75, 3.05) is 5.73 Å². The van der Waals surface area contributed by atoms with Crippen molar-refractivity contribution >= 4 is 5.69 Å². The molecule has 2 heterocycles. The lowest BCUT2D eigenvalue weighted by Gasteiger charge is -2.37. The molecule has 0 saturated carbocycles. The van der Waals surface area contributed by atoms with Crippen LogP contribution in [0.5, 0.6) is 0 Å². The smallest absolute Gasteiger partial charge is 0.146 e. The number of hydrogen-bond acceptors (Lipinski definition) is 3. The van der Waals surface area contributed by atoms with Crippen molar-refractivity contribution in [3.8, 4) is 0 Å². The maximum atomic E-state index is 13.4. The van der Waals surface area contributed by atoms with E-state index in [1.165, 1.54) is 6.07 Å². The SMILES string of the molecule is Nc1ccc(CN2C3CCC2CC(O)C3)cc1F. The highest BCUT2D eigenvalue weighted by molar-refractivity contribution is 5.41. The second kappa shape index (κ2) is 4.52. The van der Waals surface area contributed by atoms with Gasteiger partial charge in [0.05, 0.1) is 11.8 Å². The molecule has 2 fully saturated rings. The number of nitrogens with two attached hydrogens (primary N) is 1. The Hall–Kier alpha value is -1.13. The first-order valence-electron chi connectivity index (χ1n) is 6.61. The second-order valence-corrected chi connectivity index (χ2v) is 5.54. The van der Waals surface area contributed by atoms with Crippen LogP contribution in [0.25, 0.3) is 0 Å². The summed E-state index contributed by atoms with van der Waals surface area (Å²) in [6.45, 7) is 0.763. The van der Waals surface area contributed by atoms with Gasteiger partial charge < -0.3 is 10.8 Å². The Morgan fingerprint density at radius 2 is 1.94 bits per heavy atom. The fraction of sp³-hybridized carbons (Fsp3) is 0.571. The van der Waals surface area contributed by atoms with Crippen molar-refractivity contribution in [1.82, 2.24) is 4.90 Å². The summed E-state index contributed by atoms with van der Waals surface area (Å²) >= 11 is 0. The molecule has 0 amide bonds. The van der Waals surface area contributed by atoms with E-state index in [1.807, 2.05) is 6.07 Å². The largest absolute Gasteiger partial charge is 0.396 e. The van der Waals surface area contributed by atoms with Crippen LogP contribution in [0.3, 0.4) is 0 Å². The number of fused-ring (bicyclic) bond motifs is 2. The van der Waals surface area contributed by atoms with Crippen molar-refractivity contribution < 1.29 is 9.50 Å². The van der Waals surface area contributed by atoms with Crippen LogP contribution >= 0.6 is 0 Å². The average Bonchev–Trinajstić information content (AvgIpc) is 2.58. The van der Waals surface area contributed by atoms with E-state index in [0.29, 0.717) is 12.1 Å². The fourth-order valence-electron chi connectivity index (χ4n) is 3.38. The van der Waals surface area contributed by atoms with Gasteiger partial charge in [-0.05, 0) is 43.4 Å². The minimum absolute atomic E-state index is 0.151. The van der Waals surface area contributed by atoms with E-state index in [4.69, 9.17) is 5.73 Å². The van der Waals surface area contributed by atoms with E-state index < -0.39 is 0 Å². The first-order valence-corrected chi connectivity index (χ1v) is 6.61. The zero-order valence-electron chi connectivity index (χ0n) is 10.3. The first kappa shape index (κ1) is 11.9. The number of aliphatic hydroxyl groups is 1. The van der Waals surface area contributed by atoms with Gasteiger partial charge in [0.15, 0.2) is 0 Å². The van der Waals surface area contributed by atoms with Gasteiger partial charge in [-0.3, -0.25) is 4.90 Å². The number of halogens is 1. The molecule has 0 spiro atoms. The van der Waals surface area contributed by atoms with E-state index in [9.17, 15) is 9.50 Å². The lowest BCUT2D eigenvalue weighted by atomic mass is 9.99. The number of rotatable bonds is 2. The lowest BCUT2D eigenvalue weighted by Crippen LogP contribution is -2.44. The molecule has 2 saturated heterocycles. The lowest BCUT2D eigenvalue weighted by molar-refractivity contribution is 0.0310. The molecule has 18 heavy (non-hydrogen) atoms. The topological polar surface area (TPSA) is 49.5 Å². The first-order chi connectivity index (χ1) is 8.63. The minimum Gasteiger partial charge on any atom is -0.396 e. The van der Waals surface area contributed by atoms with E-state index in [1.54, 1.807) is 6.07 Å². The Labute approximate surface area is 106 Å². The van der Waals surface area contributed by atoms with Crippen LogP contribution in [0, 0.1) is 5.82 Å². The van der Waals surface area contributed by atoms with Crippen LogP contribution < -0.4 is 5.73 Å². The highest BCUT2D eigenvalue weighted by Gasteiger charge is 2.39. The Bertz CT molecular complexity index is 437. The molecule has 2 unspecified atom stereocenters. The Morgan fingerprint density at radius 1 is 1.28 bits per heavy atom. The third kappa shape index (κ3) is 2.10. The highest BCUT2D eigenvalue weighted by atomic mass is 19.1. The van der Waals surface area contributed by atoms with Gasteiger partial charge in [0.25, 0.3) is 0 Å². The van der Waals surface area contributed by atoms with Crippen LogP contribution in [0.15, 0.2) is 18.2 Å². The molecule has 2 bridgehead atoms. The van der Waals surface area contributed by atoms with Gasteiger partial charge in [-0.1, -0.05) is 6.07 Å². The molecule has 0 radical (unpaired) electrons. The molecule has 1 aromatic rings. The van der Waals surface area contributed by atoms with E-state index >= 15 is 0 Å². The number of benzene rings is 1. The van der Waals surface area contributed by atoms with Gasteiger partial charge >= 0.3 is 0 Å². The molecule has 2 aliphatic rings. The average molecular weight is 250 g/mol. The molecule has 98 valence electrons. The molecule has 2 aliphatic heterocycles. The van der Waals surface area contributed by atoms with Crippen molar-refractivity contribution in [2.45, 2.75) is 50.4 Å². The van der Waals surface area contributed by atoms with Gasteiger partial charge in [0.2, 0.25) is 0 Å². The molecule has 4 heteroatoms. The summed E-state index contributed by atoms with van der Waals surface area (Å²) in [7, 11) is 0. The summed E-state index contributed by atoms with van der Waals surface area (Å²) in [6, 6.07) is 5.97. The molecule has 3 rings (SSSR count). The van der Waals surface area contributed by atoms with E-state index in [0.717, 1.165) is 37.8 Å². The van der Waals surface area contributed by atoms with Gasteiger partial charge in [0, 0.05) is 18.6 Å². The zero-order chi connectivity index (χ0) is 12.7. The monoisotopic (exact) mass is 250 g/mol. The molecule has 0 aromatic heterocycles. The molecule has 0 aliphatic carbocycles. The Kier molecular flexibility index (Phi) is 2.99. The maximum absolute atomic E-state index is 13.4. The minimum atomic E-state index is -0.336. The molecule has 3 N–H and O–H groups in total. The normalized spacial score (nSPS) is 31.8.